The highest BCUT2D eigenvalue weighted by Gasteiger charge is 2.49. The highest BCUT2D eigenvalue weighted by molar-refractivity contribution is 7.72. The Bertz CT molecular complexity index is 840. The van der Waals surface area contributed by atoms with Gasteiger partial charge in [0.1, 0.15) is 7.14 Å². The summed E-state index contributed by atoms with van der Waals surface area (Å²) in [5.74, 6) is 1.46. The zero-order valence-electron chi connectivity index (χ0n) is 19.6. The molecule has 30 heavy (non-hydrogen) atoms. The van der Waals surface area contributed by atoms with Gasteiger partial charge in [-0.15, -0.1) is 0 Å². The molecule has 0 spiro atoms. The van der Waals surface area contributed by atoms with E-state index in [0.717, 1.165) is 17.3 Å². The first kappa shape index (κ1) is 23.3. The minimum absolute atomic E-state index is 0.140. The van der Waals surface area contributed by atoms with Gasteiger partial charge in [0.2, 0.25) is 0 Å². The third-order valence-electron chi connectivity index (χ3n) is 6.71. The summed E-state index contributed by atoms with van der Waals surface area (Å²) >= 11 is 0. The lowest BCUT2D eigenvalue weighted by molar-refractivity contribution is 0.234. The Balaban J connectivity index is 2.23. The summed E-state index contributed by atoms with van der Waals surface area (Å²) in [5, 5.41) is 4.85. The van der Waals surface area contributed by atoms with Crippen LogP contribution in [0.15, 0.2) is 60.7 Å². The van der Waals surface area contributed by atoms with Gasteiger partial charge < -0.3 is 4.57 Å². The first-order valence-corrected chi connectivity index (χ1v) is 13.4. The lowest BCUT2D eigenvalue weighted by atomic mass is 9.77. The minimum atomic E-state index is -2.83. The van der Waals surface area contributed by atoms with E-state index < -0.39 is 7.14 Å². The molecule has 1 saturated carbocycles. The summed E-state index contributed by atoms with van der Waals surface area (Å²) in [6.45, 7) is 13.5. The molecule has 1 N–H and O–H groups in total. The predicted molar refractivity (Wildman–Crippen MR) is 131 cm³/mol. The van der Waals surface area contributed by atoms with Crippen LogP contribution in [0.2, 0.25) is 0 Å². The van der Waals surface area contributed by atoms with Crippen molar-refractivity contribution in [2.45, 2.75) is 77.8 Å². The van der Waals surface area contributed by atoms with Crippen molar-refractivity contribution < 1.29 is 4.57 Å². The summed E-state index contributed by atoms with van der Waals surface area (Å²) in [7, 11) is -2.83. The van der Waals surface area contributed by atoms with Crippen LogP contribution in [-0.4, -0.2) is 11.2 Å². The largest absolute Gasteiger partial charge is 0.316 e. The number of nitrogens with one attached hydrogen (secondary N) is 1. The average Bonchev–Trinajstić information content (AvgIpc) is 2.72. The predicted octanol–water partition coefficient (Wildman–Crippen LogP) is 7.22. The van der Waals surface area contributed by atoms with Crippen molar-refractivity contribution in [3.8, 4) is 0 Å². The van der Waals surface area contributed by atoms with Gasteiger partial charge >= 0.3 is 0 Å². The second-order valence-electron chi connectivity index (χ2n) is 10.6. The topological polar surface area (TPSA) is 29.1 Å². The summed E-state index contributed by atoms with van der Waals surface area (Å²) in [6.07, 6.45) is 3.47. The molecule has 1 aliphatic carbocycles. The van der Waals surface area contributed by atoms with Crippen molar-refractivity contribution in [2.24, 2.45) is 17.8 Å². The van der Waals surface area contributed by atoms with Gasteiger partial charge in [-0.1, -0.05) is 87.9 Å². The van der Waals surface area contributed by atoms with Crippen molar-refractivity contribution in [3.63, 3.8) is 0 Å². The molecule has 0 aromatic heterocycles. The van der Waals surface area contributed by atoms with E-state index in [1.54, 1.807) is 0 Å². The van der Waals surface area contributed by atoms with Crippen LogP contribution in [0.3, 0.4) is 0 Å². The third kappa shape index (κ3) is 5.09. The summed E-state index contributed by atoms with van der Waals surface area (Å²) < 4.78 is 15.5. The number of hydrogen-bond acceptors (Lipinski definition) is 2. The molecular weight excluding hydrogens is 385 g/mol. The average molecular weight is 426 g/mol. The highest BCUT2D eigenvalue weighted by Crippen LogP contribution is 2.66. The van der Waals surface area contributed by atoms with Crippen molar-refractivity contribution in [1.82, 2.24) is 5.32 Å². The fourth-order valence-corrected chi connectivity index (χ4v) is 9.86. The van der Waals surface area contributed by atoms with Crippen molar-refractivity contribution in [3.05, 3.63) is 66.2 Å². The Kier molecular flexibility index (Phi) is 7.31. The minimum Gasteiger partial charge on any atom is -0.316 e. The van der Waals surface area contributed by atoms with Crippen LogP contribution >= 0.6 is 7.14 Å². The smallest absolute Gasteiger partial charge is 0.139 e. The Morgan fingerprint density at radius 2 is 1.50 bits per heavy atom. The molecule has 0 radical (unpaired) electrons. The summed E-state index contributed by atoms with van der Waals surface area (Å²) in [5.41, 5.74) is 1.20. The van der Waals surface area contributed by atoms with Gasteiger partial charge in [0, 0.05) is 16.5 Å². The van der Waals surface area contributed by atoms with Crippen LogP contribution in [0.25, 0.3) is 0 Å². The maximum Gasteiger partial charge on any atom is 0.139 e. The van der Waals surface area contributed by atoms with Crippen LogP contribution in [0, 0.1) is 17.8 Å². The zero-order chi connectivity index (χ0) is 21.9. The highest BCUT2D eigenvalue weighted by atomic mass is 31.2. The molecule has 0 amide bonds. The van der Waals surface area contributed by atoms with Gasteiger partial charge in [0.25, 0.3) is 0 Å². The van der Waals surface area contributed by atoms with Crippen molar-refractivity contribution in [1.29, 1.82) is 0 Å². The van der Waals surface area contributed by atoms with E-state index in [2.05, 4.69) is 95.4 Å². The van der Waals surface area contributed by atoms with Crippen molar-refractivity contribution >= 4 is 12.4 Å². The maximum atomic E-state index is 15.5. The lowest BCUT2D eigenvalue weighted by Gasteiger charge is -2.46. The van der Waals surface area contributed by atoms with E-state index in [4.69, 9.17) is 0 Å². The molecule has 3 rings (SSSR count). The molecule has 1 aliphatic rings. The van der Waals surface area contributed by atoms with Crippen LogP contribution < -0.4 is 10.6 Å². The van der Waals surface area contributed by atoms with Crippen molar-refractivity contribution in [2.75, 3.05) is 0 Å². The third-order valence-corrected chi connectivity index (χ3v) is 10.6. The molecule has 1 fully saturated rings. The van der Waals surface area contributed by atoms with Crippen LogP contribution in [0.5, 0.6) is 0 Å². The molecule has 3 heteroatoms. The fraction of sp³-hybridized carbons (Fsp3) is 0.556. The SMILES string of the molecule is CC(C)[C@@H]1CC[C@@H](C)CC1[P@@](=O)(c1ccccc1)[C@@H](NC(C)(C)C)c1ccccc1. The zero-order valence-corrected chi connectivity index (χ0v) is 20.5. The van der Waals surface area contributed by atoms with E-state index in [-0.39, 0.29) is 17.0 Å². The fourth-order valence-electron chi connectivity index (χ4n) is 5.23. The van der Waals surface area contributed by atoms with E-state index in [9.17, 15) is 0 Å². The van der Waals surface area contributed by atoms with Gasteiger partial charge in [-0.25, -0.2) is 0 Å². The van der Waals surface area contributed by atoms with Crippen LogP contribution in [0.4, 0.5) is 0 Å². The first-order chi connectivity index (χ1) is 14.1. The van der Waals surface area contributed by atoms with Crippen LogP contribution in [-0.2, 0) is 4.57 Å². The molecule has 0 heterocycles. The standard InChI is InChI=1S/C27H40NOP/c1-20(2)24-18-17-21(3)19-25(24)30(29,23-15-11-8-12-16-23)26(28-27(4,5)6)22-13-9-7-10-14-22/h7-16,20-21,24-26,28H,17-19H2,1-6H3/t21-,24+,25?,26-,30+/m1/s1. The van der Waals surface area contributed by atoms with E-state index in [1.807, 2.05) is 12.1 Å². The normalized spacial score (nSPS) is 25.6. The Morgan fingerprint density at radius 1 is 0.933 bits per heavy atom. The molecule has 2 aromatic carbocycles. The Labute approximate surface area is 184 Å². The quantitative estimate of drug-likeness (QED) is 0.495. The molecule has 2 aromatic rings. The van der Waals surface area contributed by atoms with E-state index in [1.165, 1.54) is 12.8 Å². The number of benzene rings is 2. The summed E-state index contributed by atoms with van der Waals surface area (Å²) in [4.78, 5) is 0. The molecule has 1 unspecified atom stereocenters. The molecule has 5 atom stereocenters. The molecule has 164 valence electrons. The van der Waals surface area contributed by atoms with E-state index >= 15 is 4.57 Å². The Hall–Kier alpha value is -1.37. The van der Waals surface area contributed by atoms with Gasteiger partial charge in [-0.05, 0) is 56.9 Å². The van der Waals surface area contributed by atoms with Gasteiger partial charge in [-0.3, -0.25) is 5.32 Å². The van der Waals surface area contributed by atoms with E-state index in [0.29, 0.717) is 17.8 Å². The monoisotopic (exact) mass is 425 g/mol. The van der Waals surface area contributed by atoms with Gasteiger partial charge in [0.15, 0.2) is 0 Å². The Morgan fingerprint density at radius 3 is 2.03 bits per heavy atom. The second kappa shape index (κ2) is 9.41. The molecule has 0 saturated heterocycles. The van der Waals surface area contributed by atoms with Crippen LogP contribution in [0.1, 0.15) is 72.2 Å². The molecule has 2 nitrogen and oxygen atoms in total. The lowest BCUT2D eigenvalue weighted by Crippen LogP contribution is -2.44. The molecular formula is C27H40NOP. The number of hydrogen-bond donors (Lipinski definition) is 1. The van der Waals surface area contributed by atoms with Gasteiger partial charge in [0.05, 0.1) is 5.78 Å². The maximum absolute atomic E-state index is 15.5. The molecule has 0 bridgehead atoms. The first-order valence-electron chi connectivity index (χ1n) is 11.6. The summed E-state index contributed by atoms with van der Waals surface area (Å²) in [6, 6.07) is 20.9. The van der Waals surface area contributed by atoms with Gasteiger partial charge in [-0.2, -0.15) is 0 Å². The second-order valence-corrected chi connectivity index (χ2v) is 13.8. The molecule has 0 aliphatic heterocycles. The number of rotatable bonds is 6.